The summed E-state index contributed by atoms with van der Waals surface area (Å²) < 4.78 is 5.28. The van der Waals surface area contributed by atoms with Crippen LogP contribution in [0.25, 0.3) is 0 Å². The van der Waals surface area contributed by atoms with Gasteiger partial charge in [-0.2, -0.15) is 0 Å². The van der Waals surface area contributed by atoms with Crippen LogP contribution in [0, 0.1) is 0 Å². The number of ether oxygens (including phenoxy) is 1. The van der Waals surface area contributed by atoms with E-state index < -0.39 is 0 Å². The van der Waals surface area contributed by atoms with Gasteiger partial charge in [0.1, 0.15) is 11.4 Å². The first kappa shape index (κ1) is 12.9. The number of pyridine rings is 1. The molecule has 0 N–H and O–H groups in total. The Morgan fingerprint density at radius 3 is 2.94 bits per heavy atom. The molecule has 0 aliphatic carbocycles. The molecule has 0 saturated heterocycles. The molecule has 1 aromatic heterocycles. The largest absolute Gasteiger partial charge is 0.496 e. The Balaban J connectivity index is 2.01. The van der Waals surface area contributed by atoms with E-state index in [9.17, 15) is 4.79 Å². The minimum absolute atomic E-state index is 0.0420. The predicted octanol–water partition coefficient (Wildman–Crippen LogP) is 2.63. The van der Waals surface area contributed by atoms with Crippen LogP contribution in [0.4, 0.5) is 0 Å². The Morgan fingerprint density at radius 2 is 2.22 bits per heavy atom. The summed E-state index contributed by atoms with van der Waals surface area (Å²) in [6, 6.07) is 1.81. The number of unbranched alkanes of at least 4 members (excludes halogenated alkanes) is 3. The molecule has 2 heterocycles. The number of carbonyl (C=O) groups is 1. The first-order chi connectivity index (χ1) is 8.77. The lowest BCUT2D eigenvalue weighted by molar-refractivity contribution is 0.0771. The Bertz CT molecular complexity index is 432. The van der Waals surface area contributed by atoms with Crippen molar-refractivity contribution < 1.29 is 9.53 Å². The molecule has 98 valence electrons. The third-order valence-electron chi connectivity index (χ3n) is 3.35. The van der Waals surface area contributed by atoms with Gasteiger partial charge in [0.2, 0.25) is 0 Å². The average Bonchev–Trinajstić information content (AvgIpc) is 2.72. The third-order valence-corrected chi connectivity index (χ3v) is 3.35. The van der Waals surface area contributed by atoms with Crippen molar-refractivity contribution in [3.05, 3.63) is 23.5 Å². The maximum atomic E-state index is 12.1. The highest BCUT2D eigenvalue weighted by Crippen LogP contribution is 2.29. The highest BCUT2D eigenvalue weighted by Gasteiger charge is 2.30. The molecule has 0 atom stereocenters. The fourth-order valence-electron chi connectivity index (χ4n) is 2.33. The lowest BCUT2D eigenvalue weighted by Crippen LogP contribution is -2.25. The van der Waals surface area contributed by atoms with Crippen LogP contribution in [0.3, 0.4) is 0 Å². The first-order valence-electron chi connectivity index (χ1n) is 6.59. The van der Waals surface area contributed by atoms with Gasteiger partial charge in [0.15, 0.2) is 0 Å². The van der Waals surface area contributed by atoms with Gasteiger partial charge in [-0.25, -0.2) is 0 Å². The van der Waals surface area contributed by atoms with Crippen molar-refractivity contribution >= 4 is 5.91 Å². The summed E-state index contributed by atoms with van der Waals surface area (Å²) in [6.45, 7) is 3.64. The van der Waals surface area contributed by atoms with Crippen molar-refractivity contribution in [3.8, 4) is 5.75 Å². The van der Waals surface area contributed by atoms with Gasteiger partial charge < -0.3 is 9.64 Å². The molecule has 18 heavy (non-hydrogen) atoms. The number of nitrogens with zero attached hydrogens (tertiary/aromatic N) is 2. The van der Waals surface area contributed by atoms with Crippen molar-refractivity contribution in [1.29, 1.82) is 0 Å². The minimum atomic E-state index is 0.0420. The van der Waals surface area contributed by atoms with Crippen LogP contribution < -0.4 is 4.74 Å². The summed E-state index contributed by atoms with van der Waals surface area (Å²) in [7, 11) is 1.63. The quantitative estimate of drug-likeness (QED) is 0.727. The Hall–Kier alpha value is -1.58. The van der Waals surface area contributed by atoms with E-state index in [1.165, 1.54) is 19.3 Å². The second-order valence-electron chi connectivity index (χ2n) is 4.63. The molecule has 4 heteroatoms. The molecular weight excluding hydrogens is 228 g/mol. The average molecular weight is 248 g/mol. The molecule has 0 bridgehead atoms. The summed E-state index contributed by atoms with van der Waals surface area (Å²) in [6.07, 6.45) is 6.33. The van der Waals surface area contributed by atoms with Crippen molar-refractivity contribution in [2.24, 2.45) is 0 Å². The molecule has 0 saturated carbocycles. The van der Waals surface area contributed by atoms with Gasteiger partial charge in [0, 0.05) is 18.3 Å². The predicted molar refractivity (Wildman–Crippen MR) is 69.7 cm³/mol. The van der Waals surface area contributed by atoms with Crippen LogP contribution in [-0.2, 0) is 6.54 Å². The van der Waals surface area contributed by atoms with Crippen LogP contribution in [0.2, 0.25) is 0 Å². The molecule has 0 spiro atoms. The number of rotatable bonds is 6. The molecule has 1 aliphatic heterocycles. The highest BCUT2D eigenvalue weighted by molar-refractivity contribution is 5.97. The second-order valence-corrected chi connectivity index (χ2v) is 4.63. The van der Waals surface area contributed by atoms with Gasteiger partial charge in [-0.05, 0) is 12.5 Å². The van der Waals surface area contributed by atoms with Crippen LogP contribution in [0.15, 0.2) is 12.3 Å². The van der Waals surface area contributed by atoms with E-state index in [4.69, 9.17) is 4.74 Å². The zero-order valence-electron chi connectivity index (χ0n) is 11.1. The summed E-state index contributed by atoms with van der Waals surface area (Å²) >= 11 is 0. The molecule has 2 rings (SSSR count). The number of hydrogen-bond donors (Lipinski definition) is 0. The Labute approximate surface area is 108 Å². The summed E-state index contributed by atoms with van der Waals surface area (Å²) in [5.74, 6) is 0.810. The van der Waals surface area contributed by atoms with E-state index in [0.29, 0.717) is 12.2 Å². The molecule has 0 radical (unpaired) electrons. The topological polar surface area (TPSA) is 42.4 Å². The number of fused-ring (bicyclic) bond motifs is 1. The van der Waals surface area contributed by atoms with Crippen molar-refractivity contribution in [1.82, 2.24) is 9.88 Å². The lowest BCUT2D eigenvalue weighted by Gasteiger charge is -2.14. The molecule has 0 fully saturated rings. The van der Waals surface area contributed by atoms with Crippen molar-refractivity contribution in [3.63, 3.8) is 0 Å². The van der Waals surface area contributed by atoms with E-state index in [2.05, 4.69) is 11.9 Å². The Morgan fingerprint density at radius 1 is 1.39 bits per heavy atom. The van der Waals surface area contributed by atoms with Crippen LogP contribution in [0.5, 0.6) is 5.75 Å². The van der Waals surface area contributed by atoms with Gasteiger partial charge in [0.05, 0.1) is 13.7 Å². The van der Waals surface area contributed by atoms with E-state index in [-0.39, 0.29) is 5.91 Å². The molecule has 1 aromatic rings. The van der Waals surface area contributed by atoms with Crippen molar-refractivity contribution in [2.45, 2.75) is 39.2 Å². The lowest BCUT2D eigenvalue weighted by atomic mass is 10.2. The standard InChI is InChI=1S/C14H20N2O2/c1-3-4-5-6-9-16-10-11-12(18-2)7-8-15-13(11)14(16)17/h7-8H,3-6,9-10H2,1-2H3. The molecule has 0 aromatic carbocycles. The molecule has 4 nitrogen and oxygen atoms in total. The summed E-state index contributed by atoms with van der Waals surface area (Å²) in [5, 5.41) is 0. The zero-order chi connectivity index (χ0) is 13.0. The zero-order valence-corrected chi connectivity index (χ0v) is 11.1. The highest BCUT2D eigenvalue weighted by atomic mass is 16.5. The van der Waals surface area contributed by atoms with Gasteiger partial charge in [-0.15, -0.1) is 0 Å². The number of carbonyl (C=O) groups excluding carboxylic acids is 1. The van der Waals surface area contributed by atoms with Gasteiger partial charge >= 0.3 is 0 Å². The first-order valence-corrected chi connectivity index (χ1v) is 6.59. The molecule has 1 amide bonds. The fourth-order valence-corrected chi connectivity index (χ4v) is 2.33. The number of aromatic nitrogens is 1. The van der Waals surface area contributed by atoms with Gasteiger partial charge in [0.25, 0.3) is 5.91 Å². The summed E-state index contributed by atoms with van der Waals surface area (Å²) in [4.78, 5) is 18.2. The van der Waals surface area contributed by atoms with E-state index in [1.807, 2.05) is 11.0 Å². The SMILES string of the molecule is CCCCCCN1Cc2c(OC)ccnc2C1=O. The molecule has 1 aliphatic rings. The maximum Gasteiger partial charge on any atom is 0.273 e. The normalized spacial score (nSPS) is 13.9. The second kappa shape index (κ2) is 5.85. The maximum absolute atomic E-state index is 12.1. The summed E-state index contributed by atoms with van der Waals surface area (Å²) in [5.41, 5.74) is 1.49. The number of amides is 1. The molecule has 0 unspecified atom stereocenters. The molecular formula is C14H20N2O2. The van der Waals surface area contributed by atoms with Crippen LogP contribution in [-0.4, -0.2) is 29.4 Å². The smallest absolute Gasteiger partial charge is 0.273 e. The minimum Gasteiger partial charge on any atom is -0.496 e. The fraction of sp³-hybridized carbons (Fsp3) is 0.571. The Kier molecular flexibility index (Phi) is 4.18. The number of hydrogen-bond acceptors (Lipinski definition) is 3. The number of methoxy groups -OCH3 is 1. The van der Waals surface area contributed by atoms with E-state index in [1.54, 1.807) is 13.3 Å². The van der Waals surface area contributed by atoms with E-state index >= 15 is 0 Å². The van der Waals surface area contributed by atoms with Crippen LogP contribution >= 0.6 is 0 Å². The van der Waals surface area contributed by atoms with Crippen LogP contribution in [0.1, 0.15) is 48.7 Å². The van der Waals surface area contributed by atoms with Gasteiger partial charge in [-0.1, -0.05) is 26.2 Å². The van der Waals surface area contributed by atoms with Gasteiger partial charge in [-0.3, -0.25) is 9.78 Å². The van der Waals surface area contributed by atoms with E-state index in [0.717, 1.165) is 24.3 Å². The monoisotopic (exact) mass is 248 g/mol. The third kappa shape index (κ3) is 2.47. The van der Waals surface area contributed by atoms with Crippen molar-refractivity contribution in [2.75, 3.05) is 13.7 Å².